The van der Waals surface area contributed by atoms with Crippen LogP contribution in [0, 0.1) is 11.8 Å². The molecule has 0 aromatic rings. The minimum atomic E-state index is -0.777. The first-order valence-electron chi connectivity index (χ1n) is 8.99. The number of hydrogen-bond donors (Lipinski definition) is 2. The molecule has 0 unspecified atom stereocenters. The molecule has 24 heavy (non-hydrogen) atoms. The number of aliphatic hydroxyl groups excluding tert-OH is 1. The van der Waals surface area contributed by atoms with Gasteiger partial charge in [-0.2, -0.15) is 0 Å². The summed E-state index contributed by atoms with van der Waals surface area (Å²) in [6.45, 7) is 2.14. The molecule has 4 nitrogen and oxygen atoms in total. The number of rotatable bonds is 12. The van der Waals surface area contributed by atoms with E-state index in [1.807, 2.05) is 30.4 Å². The van der Waals surface area contributed by atoms with Crippen LogP contribution in [0.15, 0.2) is 36.5 Å². The molecule has 4 heteroatoms. The molecule has 0 spiro atoms. The van der Waals surface area contributed by atoms with E-state index in [0.29, 0.717) is 12.8 Å². The van der Waals surface area contributed by atoms with Gasteiger partial charge < -0.3 is 10.2 Å². The van der Waals surface area contributed by atoms with Gasteiger partial charge in [0.2, 0.25) is 0 Å². The summed E-state index contributed by atoms with van der Waals surface area (Å²) in [6.07, 6.45) is 17.0. The van der Waals surface area contributed by atoms with Crippen molar-refractivity contribution < 1.29 is 19.8 Å². The molecule has 0 aromatic carbocycles. The van der Waals surface area contributed by atoms with Gasteiger partial charge in [0.1, 0.15) is 0 Å². The lowest BCUT2D eigenvalue weighted by molar-refractivity contribution is -0.137. The molecule has 0 saturated carbocycles. The number of carboxylic acids is 1. The molecule has 134 valence electrons. The first kappa shape index (κ1) is 20.4. The minimum Gasteiger partial charge on any atom is -0.481 e. The van der Waals surface area contributed by atoms with Crippen molar-refractivity contribution in [1.82, 2.24) is 0 Å². The summed E-state index contributed by atoms with van der Waals surface area (Å²) in [7, 11) is 0. The predicted octanol–water partition coefficient (Wildman–Crippen LogP) is 4.06. The van der Waals surface area contributed by atoms with Crippen LogP contribution in [0.4, 0.5) is 0 Å². The number of hydrogen-bond acceptors (Lipinski definition) is 3. The zero-order valence-electron chi connectivity index (χ0n) is 14.6. The molecule has 0 heterocycles. The molecule has 1 rings (SSSR count). The van der Waals surface area contributed by atoms with Gasteiger partial charge >= 0.3 is 5.97 Å². The number of carbonyl (C=O) groups is 2. The predicted molar refractivity (Wildman–Crippen MR) is 95.7 cm³/mol. The van der Waals surface area contributed by atoms with Crippen molar-refractivity contribution in [3.8, 4) is 0 Å². The van der Waals surface area contributed by atoms with Gasteiger partial charge in [0.15, 0.2) is 5.78 Å². The molecule has 3 atom stereocenters. The van der Waals surface area contributed by atoms with E-state index >= 15 is 0 Å². The lowest BCUT2D eigenvalue weighted by Gasteiger charge is -2.13. The van der Waals surface area contributed by atoms with Crippen LogP contribution in [0.3, 0.4) is 0 Å². The van der Waals surface area contributed by atoms with Crippen LogP contribution in [-0.4, -0.2) is 28.1 Å². The van der Waals surface area contributed by atoms with E-state index in [4.69, 9.17) is 5.11 Å². The van der Waals surface area contributed by atoms with Gasteiger partial charge in [-0.15, -0.1) is 0 Å². The van der Waals surface area contributed by atoms with Crippen LogP contribution in [-0.2, 0) is 9.59 Å². The Morgan fingerprint density at radius 3 is 2.79 bits per heavy atom. The van der Waals surface area contributed by atoms with Gasteiger partial charge in [0.25, 0.3) is 0 Å². The van der Waals surface area contributed by atoms with Gasteiger partial charge in [-0.3, -0.25) is 9.59 Å². The molecular weight excluding hydrogens is 304 g/mol. The van der Waals surface area contributed by atoms with Gasteiger partial charge in [-0.1, -0.05) is 56.6 Å². The normalized spacial score (nSPS) is 22.0. The number of carbonyl (C=O) groups excluding carboxylic acids is 1. The van der Waals surface area contributed by atoms with Crippen LogP contribution in [0.5, 0.6) is 0 Å². The Hall–Kier alpha value is -1.68. The van der Waals surface area contributed by atoms with Crippen LogP contribution < -0.4 is 0 Å². The van der Waals surface area contributed by atoms with Crippen LogP contribution >= 0.6 is 0 Å². The fourth-order valence-corrected chi connectivity index (χ4v) is 2.81. The summed E-state index contributed by atoms with van der Waals surface area (Å²) >= 11 is 0. The largest absolute Gasteiger partial charge is 0.481 e. The molecule has 0 fully saturated rings. The highest BCUT2D eigenvalue weighted by Gasteiger charge is 2.27. The van der Waals surface area contributed by atoms with Crippen molar-refractivity contribution in [2.75, 3.05) is 0 Å². The monoisotopic (exact) mass is 334 g/mol. The van der Waals surface area contributed by atoms with E-state index < -0.39 is 12.1 Å². The maximum atomic E-state index is 12.0. The second kappa shape index (κ2) is 11.8. The number of unbranched alkanes of at least 4 members (excludes halogenated alkanes) is 3. The zero-order valence-corrected chi connectivity index (χ0v) is 14.6. The fourth-order valence-electron chi connectivity index (χ4n) is 2.81. The first-order valence-corrected chi connectivity index (χ1v) is 8.99. The second-order valence-electron chi connectivity index (χ2n) is 6.39. The molecule has 1 aliphatic carbocycles. The maximum absolute atomic E-state index is 12.0. The summed E-state index contributed by atoms with van der Waals surface area (Å²) in [4.78, 5) is 22.4. The van der Waals surface area contributed by atoms with Crippen LogP contribution in [0.1, 0.15) is 58.3 Å². The van der Waals surface area contributed by atoms with Crippen molar-refractivity contribution in [1.29, 1.82) is 0 Å². The third kappa shape index (κ3) is 8.25. The Morgan fingerprint density at radius 2 is 2.08 bits per heavy atom. The molecule has 0 radical (unpaired) electrons. The van der Waals surface area contributed by atoms with Crippen molar-refractivity contribution in [3.63, 3.8) is 0 Å². The topological polar surface area (TPSA) is 74.6 Å². The van der Waals surface area contributed by atoms with Crippen molar-refractivity contribution in [3.05, 3.63) is 36.5 Å². The quantitative estimate of drug-likeness (QED) is 0.417. The maximum Gasteiger partial charge on any atom is 0.303 e. The Kier molecular flexibility index (Phi) is 10.0. The second-order valence-corrected chi connectivity index (χ2v) is 6.39. The smallest absolute Gasteiger partial charge is 0.303 e. The Bertz CT molecular complexity index is 476. The highest BCUT2D eigenvalue weighted by Crippen LogP contribution is 2.27. The molecule has 2 N–H and O–H groups in total. The summed E-state index contributed by atoms with van der Waals surface area (Å²) in [6, 6.07) is 0. The van der Waals surface area contributed by atoms with Crippen molar-refractivity contribution >= 4 is 11.8 Å². The van der Waals surface area contributed by atoms with E-state index in [9.17, 15) is 14.7 Å². The van der Waals surface area contributed by atoms with E-state index in [-0.39, 0.29) is 24.0 Å². The highest BCUT2D eigenvalue weighted by atomic mass is 16.4. The van der Waals surface area contributed by atoms with Gasteiger partial charge in [0.05, 0.1) is 6.10 Å². The number of allylic oxidation sites excluding steroid dienone is 5. The molecule has 0 amide bonds. The Balaban J connectivity index is 2.38. The average Bonchev–Trinajstić information content (AvgIpc) is 2.89. The molecule has 0 aliphatic heterocycles. The SMILES string of the molecule is CCCCC[C@@H](O)/C=C/[C@H]1C=CC(=O)[C@H]1C/C=C\CCCC(=O)O. The van der Waals surface area contributed by atoms with Crippen LogP contribution in [0.2, 0.25) is 0 Å². The standard InChI is InChI=1S/C20H30O4/c1-2-3-6-9-17(21)14-12-16-13-15-19(22)18(16)10-7-4-5-8-11-20(23)24/h4,7,12-18,21H,2-3,5-6,8-11H2,1H3,(H,23,24)/b7-4-,14-12+/t16-,17+,18-/m0/s1. The lowest BCUT2D eigenvalue weighted by Crippen LogP contribution is -2.14. The third-order valence-electron chi connectivity index (χ3n) is 4.29. The number of aliphatic carboxylic acids is 1. The fraction of sp³-hybridized carbons (Fsp3) is 0.600. The van der Waals surface area contributed by atoms with E-state index in [0.717, 1.165) is 32.1 Å². The summed E-state index contributed by atoms with van der Waals surface area (Å²) in [5.74, 6) is -0.705. The lowest BCUT2D eigenvalue weighted by atomic mass is 9.90. The summed E-state index contributed by atoms with van der Waals surface area (Å²) in [5, 5.41) is 18.5. The van der Waals surface area contributed by atoms with E-state index in [2.05, 4.69) is 6.92 Å². The number of ketones is 1. The van der Waals surface area contributed by atoms with E-state index in [1.165, 1.54) is 0 Å². The van der Waals surface area contributed by atoms with Crippen LogP contribution in [0.25, 0.3) is 0 Å². The first-order chi connectivity index (χ1) is 11.5. The third-order valence-corrected chi connectivity index (χ3v) is 4.29. The van der Waals surface area contributed by atoms with Gasteiger partial charge in [0, 0.05) is 18.3 Å². The molecule has 0 saturated heterocycles. The highest BCUT2D eigenvalue weighted by molar-refractivity contribution is 5.95. The minimum absolute atomic E-state index is 0.0435. The van der Waals surface area contributed by atoms with Crippen molar-refractivity contribution in [2.45, 2.75) is 64.4 Å². The summed E-state index contributed by atoms with van der Waals surface area (Å²) in [5.41, 5.74) is 0. The molecule has 0 bridgehead atoms. The Morgan fingerprint density at radius 1 is 1.29 bits per heavy atom. The number of aliphatic hydroxyl groups is 1. The van der Waals surface area contributed by atoms with E-state index in [1.54, 1.807) is 6.08 Å². The molecular formula is C20H30O4. The number of carboxylic acid groups (broad SMARTS) is 1. The summed E-state index contributed by atoms with van der Waals surface area (Å²) < 4.78 is 0. The molecule has 1 aliphatic rings. The Labute approximate surface area is 145 Å². The molecule has 0 aromatic heterocycles. The average molecular weight is 334 g/mol. The van der Waals surface area contributed by atoms with Gasteiger partial charge in [-0.25, -0.2) is 0 Å². The van der Waals surface area contributed by atoms with Crippen molar-refractivity contribution in [2.24, 2.45) is 11.8 Å². The van der Waals surface area contributed by atoms with Gasteiger partial charge in [-0.05, 0) is 31.8 Å². The zero-order chi connectivity index (χ0) is 17.8.